The van der Waals surface area contributed by atoms with E-state index in [1.807, 2.05) is 38.1 Å². The number of aryl methyl sites for hydroxylation is 2. The molecule has 37 heavy (non-hydrogen) atoms. The van der Waals surface area contributed by atoms with Crippen LogP contribution in [-0.2, 0) is 22.7 Å². The first kappa shape index (κ1) is 25.6. The van der Waals surface area contributed by atoms with Crippen LogP contribution in [0.5, 0.6) is 0 Å². The fourth-order valence-corrected chi connectivity index (χ4v) is 5.44. The molecular formula is C27H33ClN6O3. The van der Waals surface area contributed by atoms with Gasteiger partial charge in [-0.3, -0.25) is 4.57 Å². The monoisotopic (exact) mass is 524 g/mol. The Kier molecular flexibility index (Phi) is 6.93. The van der Waals surface area contributed by atoms with Crippen molar-refractivity contribution in [2.75, 3.05) is 0 Å². The van der Waals surface area contributed by atoms with Crippen LogP contribution in [0.15, 0.2) is 24.3 Å². The van der Waals surface area contributed by atoms with Crippen molar-refractivity contribution in [3.63, 3.8) is 0 Å². The minimum atomic E-state index is -0.754. The fourth-order valence-electron chi connectivity index (χ4n) is 5.25. The molecule has 1 aliphatic carbocycles. The molecule has 196 valence electrons. The predicted molar refractivity (Wildman–Crippen MR) is 138 cm³/mol. The second-order valence-electron chi connectivity index (χ2n) is 11.0. The average Bonchev–Trinajstić information content (AvgIpc) is 3.14. The molecule has 0 atom stereocenters. The molecule has 0 amide bonds. The molecule has 2 aromatic heterocycles. The molecule has 10 heteroatoms. The maximum absolute atomic E-state index is 12.4. The van der Waals surface area contributed by atoms with Crippen molar-refractivity contribution in [3.8, 4) is 5.69 Å². The Morgan fingerprint density at radius 1 is 0.973 bits per heavy atom. The van der Waals surface area contributed by atoms with Gasteiger partial charge in [-0.05, 0) is 90.1 Å². The van der Waals surface area contributed by atoms with Crippen molar-refractivity contribution in [1.29, 1.82) is 0 Å². The molecule has 0 radical (unpaired) electrons. The van der Waals surface area contributed by atoms with Gasteiger partial charge in [0, 0.05) is 28.2 Å². The van der Waals surface area contributed by atoms with Gasteiger partial charge in [-0.1, -0.05) is 11.6 Å². The number of rotatable bonds is 3. The van der Waals surface area contributed by atoms with Gasteiger partial charge in [0.25, 0.3) is 0 Å². The average molecular weight is 525 g/mol. The molecule has 9 nitrogen and oxygen atoms in total. The summed E-state index contributed by atoms with van der Waals surface area (Å²) in [5.74, 6) is 3.19. The fraction of sp³-hybridized carbons (Fsp3) is 0.519. The van der Waals surface area contributed by atoms with Crippen LogP contribution in [0.4, 0.5) is 4.79 Å². The van der Waals surface area contributed by atoms with Gasteiger partial charge in [-0.25, -0.2) is 14.8 Å². The standard InChI is InChI=1S/C27H33ClN6O3/c1-16-12-17(2)30-24(29-16)18-6-8-19(9-7-18)25-32-31-23-15-33(37-26(35)36-27(3,4)5)14-20-13-21(28)10-11-22(20)34(23)25/h10-13,18-19H,6-9,14-15H2,1-5H3/t18-,19-. The van der Waals surface area contributed by atoms with Crippen LogP contribution in [0, 0.1) is 13.8 Å². The highest BCUT2D eigenvalue weighted by atomic mass is 35.5. The minimum Gasteiger partial charge on any atom is -0.427 e. The number of hydrogen-bond donors (Lipinski definition) is 0. The van der Waals surface area contributed by atoms with Crippen LogP contribution >= 0.6 is 11.6 Å². The number of hydroxylamine groups is 2. The number of benzene rings is 1. The first-order valence-electron chi connectivity index (χ1n) is 12.8. The molecule has 3 aromatic rings. The van der Waals surface area contributed by atoms with E-state index in [-0.39, 0.29) is 12.5 Å². The Labute approximate surface area is 222 Å². The van der Waals surface area contributed by atoms with Gasteiger partial charge in [-0.15, -0.1) is 15.3 Å². The quantitative estimate of drug-likeness (QED) is 0.388. The molecule has 0 bridgehead atoms. The van der Waals surface area contributed by atoms with Crippen LogP contribution in [-0.4, -0.2) is 41.6 Å². The smallest absolute Gasteiger partial charge is 0.427 e. The Balaban J connectivity index is 1.40. The number of ether oxygens (including phenoxy) is 1. The lowest BCUT2D eigenvalue weighted by Gasteiger charge is -2.28. The molecule has 1 fully saturated rings. The van der Waals surface area contributed by atoms with E-state index in [1.54, 1.807) is 25.8 Å². The third-order valence-corrected chi connectivity index (χ3v) is 6.99. The normalized spacial score (nSPS) is 20.1. The van der Waals surface area contributed by atoms with Gasteiger partial charge in [0.1, 0.15) is 17.2 Å². The predicted octanol–water partition coefficient (Wildman–Crippen LogP) is 5.95. The van der Waals surface area contributed by atoms with Gasteiger partial charge < -0.3 is 9.57 Å². The van der Waals surface area contributed by atoms with E-state index >= 15 is 0 Å². The highest BCUT2D eigenvalue weighted by Crippen LogP contribution is 2.40. The molecule has 1 aromatic carbocycles. The topological polar surface area (TPSA) is 95.3 Å². The van der Waals surface area contributed by atoms with Crippen molar-refractivity contribution >= 4 is 17.8 Å². The molecule has 0 N–H and O–H groups in total. The summed E-state index contributed by atoms with van der Waals surface area (Å²) >= 11 is 6.35. The highest BCUT2D eigenvalue weighted by Gasteiger charge is 2.33. The van der Waals surface area contributed by atoms with Crippen LogP contribution in [0.1, 0.15) is 92.7 Å². The highest BCUT2D eigenvalue weighted by molar-refractivity contribution is 6.30. The second kappa shape index (κ2) is 10.0. The largest absolute Gasteiger partial charge is 0.528 e. The van der Waals surface area contributed by atoms with Crippen molar-refractivity contribution in [3.05, 3.63) is 63.7 Å². The Morgan fingerprint density at radius 2 is 1.65 bits per heavy atom. The summed E-state index contributed by atoms with van der Waals surface area (Å²) in [7, 11) is 0. The zero-order valence-electron chi connectivity index (χ0n) is 22.0. The summed E-state index contributed by atoms with van der Waals surface area (Å²) < 4.78 is 7.47. The summed E-state index contributed by atoms with van der Waals surface area (Å²) in [6.45, 7) is 10.1. The van der Waals surface area contributed by atoms with E-state index in [0.717, 1.165) is 60.0 Å². The summed E-state index contributed by atoms with van der Waals surface area (Å²) in [4.78, 5) is 27.4. The first-order valence-corrected chi connectivity index (χ1v) is 13.1. The van der Waals surface area contributed by atoms with Crippen molar-refractivity contribution in [1.82, 2.24) is 29.8 Å². The van der Waals surface area contributed by atoms with Crippen LogP contribution in [0.25, 0.3) is 5.69 Å². The zero-order valence-corrected chi connectivity index (χ0v) is 22.7. The number of hydrogen-bond acceptors (Lipinski definition) is 8. The number of aromatic nitrogens is 5. The Hall–Kier alpha value is -3.04. The first-order chi connectivity index (χ1) is 17.6. The number of carbonyl (C=O) groups is 1. The van der Waals surface area contributed by atoms with E-state index < -0.39 is 11.8 Å². The molecule has 0 unspecified atom stereocenters. The summed E-state index contributed by atoms with van der Waals surface area (Å²) in [6, 6.07) is 7.77. The van der Waals surface area contributed by atoms with Crippen molar-refractivity contribution < 1.29 is 14.4 Å². The SMILES string of the molecule is Cc1cc(C)nc([C@H]2CC[C@H](c3nnc4n3-c3ccc(Cl)cc3CN(OC(=O)OC(C)(C)C)C4)CC2)n1. The van der Waals surface area contributed by atoms with Gasteiger partial charge >= 0.3 is 6.16 Å². The van der Waals surface area contributed by atoms with Crippen LogP contribution in [0.2, 0.25) is 5.02 Å². The second-order valence-corrected chi connectivity index (χ2v) is 11.4. The van der Waals surface area contributed by atoms with Crippen molar-refractivity contribution in [2.24, 2.45) is 0 Å². The van der Waals surface area contributed by atoms with E-state index in [9.17, 15) is 4.79 Å². The lowest BCUT2D eigenvalue weighted by molar-refractivity contribution is -0.155. The molecule has 3 heterocycles. The number of nitrogens with zero attached hydrogens (tertiary/aromatic N) is 6. The molecule has 1 saturated carbocycles. The van der Waals surface area contributed by atoms with E-state index in [2.05, 4.69) is 14.8 Å². The third-order valence-electron chi connectivity index (χ3n) is 6.75. The van der Waals surface area contributed by atoms with E-state index in [1.165, 1.54) is 0 Å². The van der Waals surface area contributed by atoms with Gasteiger partial charge in [0.2, 0.25) is 0 Å². The number of carbonyl (C=O) groups excluding carboxylic acids is 1. The molecular weight excluding hydrogens is 492 g/mol. The molecule has 0 spiro atoms. The van der Waals surface area contributed by atoms with Gasteiger partial charge in [0.05, 0.1) is 18.8 Å². The van der Waals surface area contributed by atoms with Crippen LogP contribution in [0.3, 0.4) is 0 Å². The van der Waals surface area contributed by atoms with Gasteiger partial charge in [-0.2, -0.15) is 0 Å². The molecule has 0 saturated heterocycles. The Bertz CT molecular complexity index is 1290. The summed E-state index contributed by atoms with van der Waals surface area (Å²) in [5.41, 5.74) is 3.25. The molecule has 1 aliphatic heterocycles. The summed E-state index contributed by atoms with van der Waals surface area (Å²) in [5, 5.41) is 11.3. The van der Waals surface area contributed by atoms with E-state index in [0.29, 0.717) is 23.3 Å². The maximum atomic E-state index is 12.4. The summed E-state index contributed by atoms with van der Waals surface area (Å²) in [6.07, 6.45) is 3.19. The lowest BCUT2D eigenvalue weighted by Crippen LogP contribution is -2.31. The Morgan fingerprint density at radius 3 is 2.32 bits per heavy atom. The molecule has 2 aliphatic rings. The number of halogens is 1. The zero-order chi connectivity index (χ0) is 26.3. The van der Waals surface area contributed by atoms with Crippen LogP contribution < -0.4 is 0 Å². The maximum Gasteiger partial charge on any atom is 0.528 e. The minimum absolute atomic E-state index is 0.255. The van der Waals surface area contributed by atoms with E-state index in [4.69, 9.17) is 31.1 Å². The number of fused-ring (bicyclic) bond motifs is 3. The third kappa shape index (κ3) is 5.78. The van der Waals surface area contributed by atoms with Gasteiger partial charge in [0.15, 0.2) is 5.82 Å². The molecule has 5 rings (SSSR count). The lowest BCUT2D eigenvalue weighted by atomic mass is 9.81. The van der Waals surface area contributed by atoms with Crippen molar-refractivity contribution in [2.45, 2.75) is 90.8 Å².